The Balaban J connectivity index is 0.00000112. The predicted molar refractivity (Wildman–Crippen MR) is 69.0 cm³/mol. The van der Waals surface area contributed by atoms with E-state index in [0.717, 1.165) is 13.1 Å². The number of nitrogens with zero attached hydrogens (tertiary/aromatic N) is 1. The Bertz CT molecular complexity index is 301. The molecule has 86 valence electrons. The highest BCUT2D eigenvalue weighted by atomic mass is 35.5. The molecule has 2 rings (SSSR count). The van der Waals surface area contributed by atoms with Gasteiger partial charge in [0.25, 0.3) is 0 Å². The first-order valence-electron chi connectivity index (χ1n) is 5.24. The minimum absolute atomic E-state index is 0. The van der Waals surface area contributed by atoms with Crippen molar-refractivity contribution in [2.24, 2.45) is 0 Å². The summed E-state index contributed by atoms with van der Waals surface area (Å²) in [6, 6.07) is 2.86. The highest BCUT2D eigenvalue weighted by Gasteiger charge is 2.16. The molecule has 4 heteroatoms. The molecule has 0 aromatic carbocycles. The van der Waals surface area contributed by atoms with Crippen LogP contribution in [0.3, 0.4) is 0 Å². The zero-order valence-electron chi connectivity index (χ0n) is 9.32. The highest BCUT2D eigenvalue weighted by Crippen LogP contribution is 2.18. The van der Waals surface area contributed by atoms with Crippen LogP contribution in [-0.4, -0.2) is 30.6 Å². The van der Waals surface area contributed by atoms with Crippen molar-refractivity contribution in [1.82, 2.24) is 10.2 Å². The number of aryl methyl sites for hydroxylation is 1. The third kappa shape index (κ3) is 3.45. The fraction of sp³-hybridized carbons (Fsp3) is 0.636. The average molecular weight is 247 g/mol. The molecule has 0 amide bonds. The Morgan fingerprint density at radius 1 is 1.60 bits per heavy atom. The summed E-state index contributed by atoms with van der Waals surface area (Å²) < 4.78 is 0. The standard InChI is InChI=1S/C11H18N2S.ClH/c1-9-3-6-14-11(9)8-13-5-4-12-10(2)7-13;/h3,6,10,12H,4-5,7-8H2,1-2H3;1H. The van der Waals surface area contributed by atoms with Crippen molar-refractivity contribution in [2.75, 3.05) is 19.6 Å². The van der Waals surface area contributed by atoms with Gasteiger partial charge in [0.2, 0.25) is 0 Å². The summed E-state index contributed by atoms with van der Waals surface area (Å²) in [5, 5.41) is 5.66. The molecule has 1 unspecified atom stereocenters. The van der Waals surface area contributed by atoms with Crippen LogP contribution in [0.4, 0.5) is 0 Å². The molecule has 0 radical (unpaired) electrons. The largest absolute Gasteiger partial charge is 0.312 e. The molecule has 0 spiro atoms. The van der Waals surface area contributed by atoms with E-state index in [1.807, 2.05) is 11.3 Å². The Morgan fingerprint density at radius 2 is 2.40 bits per heavy atom. The van der Waals surface area contributed by atoms with Gasteiger partial charge in [-0.05, 0) is 30.9 Å². The molecule has 1 saturated heterocycles. The van der Waals surface area contributed by atoms with E-state index in [2.05, 4.69) is 35.5 Å². The highest BCUT2D eigenvalue weighted by molar-refractivity contribution is 7.10. The summed E-state index contributed by atoms with van der Waals surface area (Å²) in [6.45, 7) is 9.09. The van der Waals surface area contributed by atoms with Crippen LogP contribution in [0, 0.1) is 6.92 Å². The van der Waals surface area contributed by atoms with E-state index in [1.165, 1.54) is 23.5 Å². The lowest BCUT2D eigenvalue weighted by Crippen LogP contribution is -2.48. The van der Waals surface area contributed by atoms with E-state index in [4.69, 9.17) is 0 Å². The third-order valence-electron chi connectivity index (χ3n) is 2.79. The number of hydrogen-bond acceptors (Lipinski definition) is 3. The molecule has 1 atom stereocenters. The van der Waals surface area contributed by atoms with Gasteiger partial charge < -0.3 is 5.32 Å². The van der Waals surface area contributed by atoms with E-state index in [0.29, 0.717) is 6.04 Å². The zero-order chi connectivity index (χ0) is 9.97. The van der Waals surface area contributed by atoms with Crippen molar-refractivity contribution in [1.29, 1.82) is 0 Å². The number of piperazine rings is 1. The predicted octanol–water partition coefficient (Wildman–Crippen LogP) is 2.27. The first-order chi connectivity index (χ1) is 6.75. The summed E-state index contributed by atoms with van der Waals surface area (Å²) in [4.78, 5) is 4.07. The van der Waals surface area contributed by atoms with Gasteiger partial charge in [-0.25, -0.2) is 0 Å². The van der Waals surface area contributed by atoms with E-state index >= 15 is 0 Å². The number of rotatable bonds is 2. The van der Waals surface area contributed by atoms with Crippen molar-refractivity contribution in [3.8, 4) is 0 Å². The molecule has 2 heterocycles. The first kappa shape index (κ1) is 13.0. The Kier molecular flexibility index (Phi) is 5.06. The van der Waals surface area contributed by atoms with Crippen LogP contribution in [0.1, 0.15) is 17.4 Å². The monoisotopic (exact) mass is 246 g/mol. The summed E-state index contributed by atoms with van der Waals surface area (Å²) in [5.41, 5.74) is 1.45. The van der Waals surface area contributed by atoms with Crippen molar-refractivity contribution in [2.45, 2.75) is 26.4 Å². The number of halogens is 1. The van der Waals surface area contributed by atoms with Crippen molar-refractivity contribution < 1.29 is 0 Å². The second kappa shape index (κ2) is 5.85. The van der Waals surface area contributed by atoms with Gasteiger partial charge >= 0.3 is 0 Å². The van der Waals surface area contributed by atoms with Crippen LogP contribution in [-0.2, 0) is 6.54 Å². The van der Waals surface area contributed by atoms with Crippen molar-refractivity contribution in [3.05, 3.63) is 21.9 Å². The second-order valence-corrected chi connectivity index (χ2v) is 5.12. The summed E-state index contributed by atoms with van der Waals surface area (Å²) in [5.74, 6) is 0. The molecule has 0 aliphatic carbocycles. The fourth-order valence-corrected chi connectivity index (χ4v) is 2.87. The van der Waals surface area contributed by atoms with Gasteiger partial charge in [-0.3, -0.25) is 4.90 Å². The summed E-state index contributed by atoms with van der Waals surface area (Å²) >= 11 is 1.88. The van der Waals surface area contributed by atoms with Crippen LogP contribution in [0.15, 0.2) is 11.4 Å². The molecule has 1 aliphatic rings. The molecule has 0 saturated carbocycles. The fourth-order valence-electron chi connectivity index (χ4n) is 1.92. The molecular formula is C11H19ClN2S. The van der Waals surface area contributed by atoms with Gasteiger partial charge in [-0.15, -0.1) is 23.7 Å². The maximum atomic E-state index is 3.47. The second-order valence-electron chi connectivity index (χ2n) is 4.12. The molecule has 1 N–H and O–H groups in total. The van der Waals surface area contributed by atoms with E-state index in [1.54, 1.807) is 0 Å². The molecular weight excluding hydrogens is 228 g/mol. The van der Waals surface area contributed by atoms with Crippen LogP contribution < -0.4 is 5.32 Å². The molecule has 2 nitrogen and oxygen atoms in total. The third-order valence-corrected chi connectivity index (χ3v) is 3.80. The average Bonchev–Trinajstić information content (AvgIpc) is 2.52. The molecule has 0 bridgehead atoms. The molecule has 1 aromatic heterocycles. The van der Waals surface area contributed by atoms with Gasteiger partial charge in [-0.1, -0.05) is 0 Å². The van der Waals surface area contributed by atoms with E-state index < -0.39 is 0 Å². The minimum atomic E-state index is 0. The van der Waals surface area contributed by atoms with Gasteiger partial charge in [0, 0.05) is 37.1 Å². The lowest BCUT2D eigenvalue weighted by Gasteiger charge is -2.31. The minimum Gasteiger partial charge on any atom is -0.312 e. The maximum absolute atomic E-state index is 3.47. The molecule has 1 fully saturated rings. The van der Waals surface area contributed by atoms with Crippen LogP contribution in [0.25, 0.3) is 0 Å². The van der Waals surface area contributed by atoms with Gasteiger partial charge in [0.05, 0.1) is 0 Å². The Labute approximate surface area is 102 Å². The van der Waals surface area contributed by atoms with Gasteiger partial charge in [0.1, 0.15) is 0 Å². The zero-order valence-corrected chi connectivity index (χ0v) is 11.0. The van der Waals surface area contributed by atoms with Crippen molar-refractivity contribution in [3.63, 3.8) is 0 Å². The van der Waals surface area contributed by atoms with Crippen LogP contribution in [0.5, 0.6) is 0 Å². The Morgan fingerprint density at radius 3 is 3.00 bits per heavy atom. The van der Waals surface area contributed by atoms with Gasteiger partial charge in [0.15, 0.2) is 0 Å². The van der Waals surface area contributed by atoms with Crippen LogP contribution in [0.2, 0.25) is 0 Å². The van der Waals surface area contributed by atoms with E-state index in [9.17, 15) is 0 Å². The molecule has 1 aromatic rings. The van der Waals surface area contributed by atoms with Crippen LogP contribution >= 0.6 is 23.7 Å². The lowest BCUT2D eigenvalue weighted by molar-refractivity contribution is 0.201. The smallest absolute Gasteiger partial charge is 0.0331 e. The van der Waals surface area contributed by atoms with E-state index in [-0.39, 0.29) is 12.4 Å². The summed E-state index contributed by atoms with van der Waals surface area (Å²) in [7, 11) is 0. The molecule has 15 heavy (non-hydrogen) atoms. The number of hydrogen-bond donors (Lipinski definition) is 1. The Hall–Kier alpha value is -0.0900. The summed E-state index contributed by atoms with van der Waals surface area (Å²) in [6.07, 6.45) is 0. The number of thiophene rings is 1. The normalized spacial score (nSPS) is 22.4. The first-order valence-corrected chi connectivity index (χ1v) is 6.12. The lowest BCUT2D eigenvalue weighted by atomic mass is 10.2. The van der Waals surface area contributed by atoms with Crippen molar-refractivity contribution >= 4 is 23.7 Å². The number of nitrogens with one attached hydrogen (secondary N) is 1. The quantitative estimate of drug-likeness (QED) is 0.862. The SMILES string of the molecule is Cc1ccsc1CN1CCNC(C)C1.Cl. The topological polar surface area (TPSA) is 15.3 Å². The molecule has 1 aliphatic heterocycles. The van der Waals surface area contributed by atoms with Gasteiger partial charge in [-0.2, -0.15) is 0 Å². The maximum Gasteiger partial charge on any atom is 0.0331 e.